The van der Waals surface area contributed by atoms with Crippen LogP contribution in [-0.4, -0.2) is 22.6 Å². The van der Waals surface area contributed by atoms with E-state index in [9.17, 15) is 23.2 Å². The minimum atomic E-state index is -1.31. The largest absolute Gasteiger partial charge is 0.457 e. The smallest absolute Gasteiger partial charge is 0.240 e. The van der Waals surface area contributed by atoms with Crippen molar-refractivity contribution in [3.05, 3.63) is 77.6 Å². The monoisotopic (exact) mass is 479 g/mol. The third-order valence-electron chi connectivity index (χ3n) is 5.68. The van der Waals surface area contributed by atoms with Gasteiger partial charge in [0, 0.05) is 30.4 Å². The van der Waals surface area contributed by atoms with Crippen molar-refractivity contribution in [1.82, 2.24) is 4.98 Å². The topological polar surface area (TPSA) is 97.4 Å². The molecule has 2 amide bonds. The molecule has 9 heteroatoms. The van der Waals surface area contributed by atoms with E-state index in [1.54, 1.807) is 19.1 Å². The van der Waals surface area contributed by atoms with Crippen molar-refractivity contribution in [2.75, 3.05) is 10.6 Å². The highest BCUT2D eigenvalue weighted by molar-refractivity contribution is 6.17. The van der Waals surface area contributed by atoms with Crippen LogP contribution in [0.4, 0.5) is 20.2 Å². The van der Waals surface area contributed by atoms with Crippen molar-refractivity contribution in [1.29, 1.82) is 0 Å². The van der Waals surface area contributed by atoms with Gasteiger partial charge in [-0.05, 0) is 68.7 Å². The van der Waals surface area contributed by atoms with Crippen molar-refractivity contribution in [3.8, 4) is 11.5 Å². The first-order valence-corrected chi connectivity index (χ1v) is 11.0. The molecule has 4 rings (SSSR count). The van der Waals surface area contributed by atoms with Crippen LogP contribution in [0.1, 0.15) is 31.0 Å². The normalized spacial score (nSPS) is 13.6. The van der Waals surface area contributed by atoms with Crippen molar-refractivity contribution in [3.63, 3.8) is 0 Å². The summed E-state index contributed by atoms with van der Waals surface area (Å²) in [6.45, 7) is 3.15. The van der Waals surface area contributed by atoms with E-state index in [1.165, 1.54) is 43.5 Å². The van der Waals surface area contributed by atoms with Crippen LogP contribution in [0, 0.1) is 24.0 Å². The van der Waals surface area contributed by atoms with Gasteiger partial charge in [-0.3, -0.25) is 19.4 Å². The van der Waals surface area contributed by atoms with E-state index in [2.05, 4.69) is 15.6 Å². The Bertz CT molecular complexity index is 1300. The first kappa shape index (κ1) is 24.0. The number of Topliss-reactive ketones (excluding diaryl/α,β-unsaturated/α-hetero) is 1. The molecule has 0 aliphatic heterocycles. The molecule has 2 N–H and O–H groups in total. The highest BCUT2D eigenvalue weighted by atomic mass is 19.1. The summed E-state index contributed by atoms with van der Waals surface area (Å²) in [5.74, 6) is -1.74. The lowest BCUT2D eigenvalue weighted by molar-refractivity contribution is -0.131. The van der Waals surface area contributed by atoms with Gasteiger partial charge in [-0.2, -0.15) is 0 Å². The zero-order valence-electron chi connectivity index (χ0n) is 19.2. The third-order valence-corrected chi connectivity index (χ3v) is 5.68. The van der Waals surface area contributed by atoms with E-state index in [1.807, 2.05) is 0 Å². The standard InChI is InChI=1S/C26H23F2N3O4/c1-15-11-22(21(28)14-23(15)35-20-7-10-29-19(13-20)12-16(2)32)31-25(34)26(8-9-26)24(33)30-18-5-3-17(27)4-6-18/h3-7,10-11,13-14H,8-9,12H2,1-2H3,(H,30,33)(H,31,34). The number of nitrogens with one attached hydrogen (secondary N) is 2. The molecule has 2 aromatic carbocycles. The summed E-state index contributed by atoms with van der Waals surface area (Å²) >= 11 is 0. The maximum absolute atomic E-state index is 14.9. The summed E-state index contributed by atoms with van der Waals surface area (Å²) in [6.07, 6.45) is 2.29. The average Bonchev–Trinajstić information content (AvgIpc) is 3.61. The molecular formula is C26H23F2N3O4. The number of amides is 2. The molecule has 180 valence electrons. The van der Waals surface area contributed by atoms with Gasteiger partial charge in [-0.15, -0.1) is 0 Å². The van der Waals surface area contributed by atoms with Crippen LogP contribution in [0.2, 0.25) is 0 Å². The molecule has 7 nitrogen and oxygen atoms in total. The predicted octanol–water partition coefficient (Wildman–Crippen LogP) is 4.95. The molecule has 3 aromatic rings. The van der Waals surface area contributed by atoms with E-state index in [0.29, 0.717) is 35.5 Å². The lowest BCUT2D eigenvalue weighted by Crippen LogP contribution is -2.35. The van der Waals surface area contributed by atoms with Crippen LogP contribution < -0.4 is 15.4 Å². The second-order valence-electron chi connectivity index (χ2n) is 8.56. The number of rotatable bonds is 8. The van der Waals surface area contributed by atoms with E-state index in [0.717, 1.165) is 6.07 Å². The van der Waals surface area contributed by atoms with Crippen molar-refractivity contribution < 1.29 is 27.9 Å². The zero-order chi connectivity index (χ0) is 25.2. The Kier molecular flexibility index (Phi) is 6.59. The Balaban J connectivity index is 1.46. The Morgan fingerprint density at radius 2 is 1.69 bits per heavy atom. The van der Waals surface area contributed by atoms with Gasteiger partial charge in [-0.1, -0.05) is 0 Å². The van der Waals surface area contributed by atoms with Crippen LogP contribution in [0.15, 0.2) is 54.7 Å². The SMILES string of the molecule is CC(=O)Cc1cc(Oc2cc(F)c(NC(=O)C3(C(=O)Nc4ccc(F)cc4)CC3)cc2C)ccn1. The van der Waals surface area contributed by atoms with Gasteiger partial charge in [0.15, 0.2) is 0 Å². The first-order valence-electron chi connectivity index (χ1n) is 11.0. The fourth-order valence-corrected chi connectivity index (χ4v) is 3.58. The Morgan fingerprint density at radius 3 is 2.34 bits per heavy atom. The number of carbonyl (C=O) groups is 3. The summed E-state index contributed by atoms with van der Waals surface area (Å²) < 4.78 is 33.7. The first-order chi connectivity index (χ1) is 16.7. The number of pyridine rings is 1. The van der Waals surface area contributed by atoms with Crippen LogP contribution >= 0.6 is 0 Å². The van der Waals surface area contributed by atoms with Gasteiger partial charge in [-0.25, -0.2) is 8.78 Å². The van der Waals surface area contributed by atoms with Gasteiger partial charge < -0.3 is 15.4 Å². The number of ether oxygens (including phenoxy) is 1. The molecule has 0 atom stereocenters. The summed E-state index contributed by atoms with van der Waals surface area (Å²) in [4.78, 5) is 41.0. The fraction of sp³-hybridized carbons (Fsp3) is 0.231. The average molecular weight is 479 g/mol. The molecular weight excluding hydrogens is 456 g/mol. The number of carbonyl (C=O) groups excluding carboxylic acids is 3. The quantitative estimate of drug-likeness (QED) is 0.446. The van der Waals surface area contributed by atoms with Crippen molar-refractivity contribution in [2.24, 2.45) is 5.41 Å². The van der Waals surface area contributed by atoms with E-state index < -0.39 is 28.9 Å². The van der Waals surface area contributed by atoms with Crippen LogP contribution in [0.5, 0.6) is 11.5 Å². The molecule has 1 fully saturated rings. The Labute approximate surface area is 200 Å². The molecule has 0 unspecified atom stereocenters. The van der Waals surface area contributed by atoms with Gasteiger partial charge in [0.2, 0.25) is 11.8 Å². The van der Waals surface area contributed by atoms with Gasteiger partial charge in [0.25, 0.3) is 0 Å². The third kappa shape index (κ3) is 5.51. The Hall–Kier alpha value is -4.14. The molecule has 0 saturated heterocycles. The number of halogens is 2. The maximum atomic E-state index is 14.9. The van der Waals surface area contributed by atoms with Gasteiger partial charge in [0.1, 0.15) is 34.3 Å². The molecule has 35 heavy (non-hydrogen) atoms. The molecule has 0 bridgehead atoms. The second kappa shape index (κ2) is 9.61. The molecule has 1 aliphatic carbocycles. The van der Waals surface area contributed by atoms with Crippen molar-refractivity contribution in [2.45, 2.75) is 33.1 Å². The highest BCUT2D eigenvalue weighted by Gasteiger charge is 2.56. The number of nitrogens with zero attached hydrogens (tertiary/aromatic N) is 1. The van der Waals surface area contributed by atoms with E-state index in [4.69, 9.17) is 4.74 Å². The number of aromatic nitrogens is 1. The number of aryl methyl sites for hydroxylation is 1. The molecule has 1 aliphatic rings. The number of hydrogen-bond donors (Lipinski definition) is 2. The van der Waals surface area contributed by atoms with E-state index >= 15 is 0 Å². The summed E-state index contributed by atoms with van der Waals surface area (Å²) in [6, 6.07) is 11.0. The number of anilines is 2. The fourth-order valence-electron chi connectivity index (χ4n) is 3.58. The Morgan fingerprint density at radius 1 is 1.00 bits per heavy atom. The predicted molar refractivity (Wildman–Crippen MR) is 125 cm³/mol. The zero-order valence-corrected chi connectivity index (χ0v) is 19.2. The lowest BCUT2D eigenvalue weighted by atomic mass is 10.0. The summed E-state index contributed by atoms with van der Waals surface area (Å²) in [5, 5.41) is 5.12. The molecule has 1 saturated carbocycles. The van der Waals surface area contributed by atoms with Crippen LogP contribution in [0.25, 0.3) is 0 Å². The number of benzene rings is 2. The second-order valence-corrected chi connectivity index (χ2v) is 8.56. The van der Waals surface area contributed by atoms with Gasteiger partial charge >= 0.3 is 0 Å². The van der Waals surface area contributed by atoms with Crippen LogP contribution in [0.3, 0.4) is 0 Å². The number of hydrogen-bond acceptors (Lipinski definition) is 5. The molecule has 0 spiro atoms. The highest BCUT2D eigenvalue weighted by Crippen LogP contribution is 2.47. The summed E-state index contributed by atoms with van der Waals surface area (Å²) in [7, 11) is 0. The molecule has 1 aromatic heterocycles. The lowest BCUT2D eigenvalue weighted by Gasteiger charge is -2.17. The number of ketones is 1. The molecule has 0 radical (unpaired) electrons. The minimum Gasteiger partial charge on any atom is -0.457 e. The maximum Gasteiger partial charge on any atom is 0.240 e. The van der Waals surface area contributed by atoms with E-state index in [-0.39, 0.29) is 23.6 Å². The van der Waals surface area contributed by atoms with Crippen molar-refractivity contribution >= 4 is 29.0 Å². The molecule has 1 heterocycles. The summed E-state index contributed by atoms with van der Waals surface area (Å²) in [5.41, 5.74) is 0.0563. The minimum absolute atomic E-state index is 0.0447. The van der Waals surface area contributed by atoms with Crippen LogP contribution in [-0.2, 0) is 20.8 Å². The van der Waals surface area contributed by atoms with Gasteiger partial charge in [0.05, 0.1) is 11.4 Å².